The number of nitrogens with one attached hydrogen (secondary N) is 1. The quantitative estimate of drug-likeness (QED) is 0.716. The highest BCUT2D eigenvalue weighted by atomic mass is 32.1. The van der Waals surface area contributed by atoms with E-state index in [0.717, 1.165) is 0 Å². The van der Waals surface area contributed by atoms with Crippen LogP contribution in [0, 0.1) is 0 Å². The van der Waals surface area contributed by atoms with Gasteiger partial charge in [0.15, 0.2) is 18.2 Å². The van der Waals surface area contributed by atoms with Crippen molar-refractivity contribution in [3.63, 3.8) is 0 Å². The van der Waals surface area contributed by atoms with Crippen LogP contribution in [0.4, 0.5) is 0 Å². The van der Waals surface area contributed by atoms with E-state index in [0.29, 0.717) is 35.2 Å². The number of carbonyl (C=O) groups excluding carboxylic acids is 1. The predicted molar refractivity (Wildman–Crippen MR) is 88.6 cm³/mol. The second-order valence-corrected chi connectivity index (χ2v) is 4.93. The highest BCUT2D eigenvalue weighted by molar-refractivity contribution is 7.80. The van der Waals surface area contributed by atoms with Crippen LogP contribution < -0.4 is 19.5 Å². The lowest BCUT2D eigenvalue weighted by Crippen LogP contribution is -2.26. The van der Waals surface area contributed by atoms with Gasteiger partial charge in [-0.2, -0.15) is 17.7 Å². The second-order valence-electron chi connectivity index (χ2n) is 4.49. The molecule has 0 saturated heterocycles. The molecular weight excluding hydrogens is 318 g/mol. The molecule has 0 aliphatic rings. The van der Waals surface area contributed by atoms with Gasteiger partial charge in [0, 0.05) is 18.5 Å². The van der Waals surface area contributed by atoms with Gasteiger partial charge in [0.25, 0.3) is 5.91 Å². The van der Waals surface area contributed by atoms with Crippen molar-refractivity contribution in [2.45, 2.75) is 6.73 Å². The van der Waals surface area contributed by atoms with E-state index < -0.39 is 0 Å². The molecule has 0 fully saturated rings. The lowest BCUT2D eigenvalue weighted by Gasteiger charge is -2.13. The number of ether oxygens (including phenoxy) is 3. The third kappa shape index (κ3) is 4.32. The fraction of sp³-hybridized carbons (Fsp3) is 0.333. The number of benzene rings is 1. The van der Waals surface area contributed by atoms with E-state index >= 15 is 0 Å². The fourth-order valence-corrected chi connectivity index (χ4v) is 2.02. The van der Waals surface area contributed by atoms with Crippen molar-refractivity contribution < 1.29 is 19.0 Å². The van der Waals surface area contributed by atoms with Gasteiger partial charge >= 0.3 is 0 Å². The first-order valence-corrected chi connectivity index (χ1v) is 7.59. The van der Waals surface area contributed by atoms with Crippen LogP contribution in [0.3, 0.4) is 0 Å². The van der Waals surface area contributed by atoms with Crippen molar-refractivity contribution in [1.29, 1.82) is 0 Å². The van der Waals surface area contributed by atoms with Gasteiger partial charge in [-0.1, -0.05) is 6.07 Å². The molecule has 0 atom stereocenters. The summed E-state index contributed by atoms with van der Waals surface area (Å²) in [5.41, 5.74) is 0.322. The van der Waals surface area contributed by atoms with Gasteiger partial charge in [-0.25, -0.2) is 4.68 Å². The monoisotopic (exact) mass is 337 g/mol. The summed E-state index contributed by atoms with van der Waals surface area (Å²) in [5, 5.41) is 6.86. The number of hydrogen-bond acceptors (Lipinski definition) is 6. The van der Waals surface area contributed by atoms with Crippen LogP contribution in [-0.2, 0) is 6.73 Å². The van der Waals surface area contributed by atoms with Crippen LogP contribution in [0.2, 0.25) is 0 Å². The highest BCUT2D eigenvalue weighted by Crippen LogP contribution is 2.36. The molecule has 8 heteroatoms. The van der Waals surface area contributed by atoms with E-state index in [1.54, 1.807) is 38.6 Å². The smallest absolute Gasteiger partial charge is 0.271 e. The van der Waals surface area contributed by atoms with Gasteiger partial charge in [0.1, 0.15) is 5.69 Å². The van der Waals surface area contributed by atoms with Crippen molar-refractivity contribution >= 4 is 18.5 Å². The minimum absolute atomic E-state index is 0.122. The molecule has 0 unspecified atom stereocenters. The lowest BCUT2D eigenvalue weighted by atomic mass is 10.3. The van der Waals surface area contributed by atoms with Crippen LogP contribution in [0.15, 0.2) is 30.5 Å². The number of para-hydroxylation sites is 1. The molecule has 0 bridgehead atoms. The van der Waals surface area contributed by atoms with Gasteiger partial charge in [-0.05, 0) is 18.2 Å². The van der Waals surface area contributed by atoms with E-state index in [4.69, 9.17) is 14.2 Å². The Morgan fingerprint density at radius 3 is 2.57 bits per heavy atom. The maximum atomic E-state index is 11.8. The molecule has 0 spiro atoms. The van der Waals surface area contributed by atoms with Crippen molar-refractivity contribution in [2.75, 3.05) is 26.5 Å². The number of amides is 1. The van der Waals surface area contributed by atoms with Gasteiger partial charge in [-0.15, -0.1) is 0 Å². The molecule has 2 aromatic rings. The number of nitrogens with zero attached hydrogens (tertiary/aromatic N) is 2. The van der Waals surface area contributed by atoms with Crippen LogP contribution >= 0.6 is 12.6 Å². The summed E-state index contributed by atoms with van der Waals surface area (Å²) in [4.78, 5) is 11.8. The SMILES string of the molecule is COc1cccc(OC)c1OCn1ccc(C(=O)NCCS)n1. The summed E-state index contributed by atoms with van der Waals surface area (Å²) in [7, 11) is 3.11. The number of aromatic nitrogens is 2. The Kier molecular flexibility index (Phi) is 6.16. The Bertz CT molecular complexity index is 638. The molecule has 23 heavy (non-hydrogen) atoms. The number of carbonyl (C=O) groups is 1. The largest absolute Gasteiger partial charge is 0.493 e. The molecule has 7 nitrogen and oxygen atoms in total. The average molecular weight is 337 g/mol. The van der Waals surface area contributed by atoms with Crippen LogP contribution in [0.25, 0.3) is 0 Å². The minimum Gasteiger partial charge on any atom is -0.493 e. The maximum Gasteiger partial charge on any atom is 0.271 e. The zero-order valence-electron chi connectivity index (χ0n) is 13.0. The zero-order valence-corrected chi connectivity index (χ0v) is 13.9. The van der Waals surface area contributed by atoms with Crippen molar-refractivity contribution in [1.82, 2.24) is 15.1 Å². The van der Waals surface area contributed by atoms with Crippen molar-refractivity contribution in [2.24, 2.45) is 0 Å². The van der Waals surface area contributed by atoms with Gasteiger partial charge < -0.3 is 19.5 Å². The molecule has 2 rings (SSSR count). The number of thiol groups is 1. The molecule has 1 amide bonds. The fourth-order valence-electron chi connectivity index (χ4n) is 1.90. The normalized spacial score (nSPS) is 10.2. The molecular formula is C15H19N3O4S. The van der Waals surface area contributed by atoms with E-state index in [9.17, 15) is 4.79 Å². The minimum atomic E-state index is -0.243. The first-order chi connectivity index (χ1) is 11.2. The molecule has 1 aromatic heterocycles. The molecule has 0 aliphatic heterocycles. The summed E-state index contributed by atoms with van der Waals surface area (Å²) < 4.78 is 17.7. The summed E-state index contributed by atoms with van der Waals surface area (Å²) >= 11 is 4.04. The number of hydrogen-bond donors (Lipinski definition) is 2. The average Bonchev–Trinajstić information content (AvgIpc) is 3.06. The van der Waals surface area contributed by atoms with Crippen LogP contribution in [-0.4, -0.2) is 42.2 Å². The molecule has 0 aliphatic carbocycles. The van der Waals surface area contributed by atoms with Gasteiger partial charge in [0.2, 0.25) is 5.75 Å². The second kappa shape index (κ2) is 8.33. The molecule has 1 heterocycles. The molecule has 0 radical (unpaired) electrons. The van der Waals surface area contributed by atoms with E-state index in [2.05, 4.69) is 23.0 Å². The standard InChI is InChI=1S/C15H19N3O4S/c1-20-12-4-3-5-13(21-2)14(12)22-10-18-8-6-11(17-18)15(19)16-7-9-23/h3-6,8,23H,7,9-10H2,1-2H3,(H,16,19). The first-order valence-electron chi connectivity index (χ1n) is 6.96. The van der Waals surface area contributed by atoms with Crippen LogP contribution in [0.5, 0.6) is 17.2 Å². The third-order valence-corrected chi connectivity index (χ3v) is 3.22. The Morgan fingerprint density at radius 2 is 1.96 bits per heavy atom. The van der Waals surface area contributed by atoms with E-state index in [1.807, 2.05) is 6.07 Å². The third-order valence-electron chi connectivity index (χ3n) is 2.99. The van der Waals surface area contributed by atoms with Crippen molar-refractivity contribution in [3.05, 3.63) is 36.2 Å². The predicted octanol–water partition coefficient (Wildman–Crippen LogP) is 1.60. The zero-order chi connectivity index (χ0) is 16.7. The summed E-state index contributed by atoms with van der Waals surface area (Å²) in [6.07, 6.45) is 1.66. The Labute approximate surface area is 139 Å². The first kappa shape index (κ1) is 17.0. The lowest BCUT2D eigenvalue weighted by molar-refractivity contribution is 0.0949. The van der Waals surface area contributed by atoms with Gasteiger partial charge in [0.05, 0.1) is 14.2 Å². The maximum absolute atomic E-state index is 11.8. The van der Waals surface area contributed by atoms with Gasteiger partial charge in [-0.3, -0.25) is 4.79 Å². The van der Waals surface area contributed by atoms with E-state index in [-0.39, 0.29) is 12.6 Å². The number of methoxy groups -OCH3 is 2. The molecule has 0 saturated carbocycles. The molecule has 1 N–H and O–H groups in total. The molecule has 1 aromatic carbocycles. The van der Waals surface area contributed by atoms with E-state index in [1.165, 1.54) is 4.68 Å². The summed E-state index contributed by atoms with van der Waals surface area (Å²) in [5.74, 6) is 1.93. The van der Waals surface area contributed by atoms with Crippen molar-refractivity contribution in [3.8, 4) is 17.2 Å². The summed E-state index contributed by atoms with van der Waals surface area (Å²) in [6.45, 7) is 0.611. The topological polar surface area (TPSA) is 74.6 Å². The summed E-state index contributed by atoms with van der Waals surface area (Å²) in [6, 6.07) is 6.98. The number of rotatable bonds is 8. The Hall–Kier alpha value is -2.35. The highest BCUT2D eigenvalue weighted by Gasteiger charge is 2.13. The molecule has 124 valence electrons. The van der Waals surface area contributed by atoms with Crippen LogP contribution in [0.1, 0.15) is 10.5 Å². The Morgan fingerprint density at radius 1 is 1.26 bits per heavy atom. The Balaban J connectivity index is 2.04.